The van der Waals surface area contributed by atoms with Crippen molar-refractivity contribution in [1.82, 2.24) is 19.3 Å². The van der Waals surface area contributed by atoms with E-state index < -0.39 is 0 Å². The number of ether oxygens (including phenoxy) is 1. The predicted molar refractivity (Wildman–Crippen MR) is 95.4 cm³/mol. The lowest BCUT2D eigenvalue weighted by Gasteiger charge is -2.18. The van der Waals surface area contributed by atoms with E-state index in [9.17, 15) is 4.79 Å². The molecule has 2 aromatic heterocycles. The Balaban J connectivity index is 2.05. The summed E-state index contributed by atoms with van der Waals surface area (Å²) in [5.74, 6) is 0.695. The largest absolute Gasteiger partial charge is 0.383 e. The maximum absolute atomic E-state index is 12.9. The number of para-hydroxylation sites is 1. The molecule has 1 aromatic carbocycles. The second-order valence-electron chi connectivity index (χ2n) is 5.63. The summed E-state index contributed by atoms with van der Waals surface area (Å²) < 4.78 is 8.80. The maximum Gasteiger partial charge on any atom is 0.262 e. The van der Waals surface area contributed by atoms with Crippen LogP contribution in [0.15, 0.2) is 46.5 Å². The molecule has 0 aliphatic rings. The van der Waals surface area contributed by atoms with Gasteiger partial charge < -0.3 is 4.74 Å². The first-order chi connectivity index (χ1) is 11.6. The normalized spacial score (nSPS) is 12.6. The molecule has 0 saturated carbocycles. The Morgan fingerprint density at radius 1 is 1.29 bits per heavy atom. The van der Waals surface area contributed by atoms with Gasteiger partial charge >= 0.3 is 0 Å². The van der Waals surface area contributed by atoms with E-state index >= 15 is 0 Å². The highest BCUT2D eigenvalue weighted by Crippen LogP contribution is 2.24. The third-order valence-electron chi connectivity index (χ3n) is 3.90. The van der Waals surface area contributed by atoms with Gasteiger partial charge in [-0.2, -0.15) is 5.10 Å². The SMILES string of the molecule is COCC(C)n1c(SCc2ccnn2C)nc2ccccc2c1=O. The lowest BCUT2D eigenvalue weighted by atomic mass is 10.2. The van der Waals surface area contributed by atoms with Crippen molar-refractivity contribution >= 4 is 22.7 Å². The van der Waals surface area contributed by atoms with Gasteiger partial charge in [0.2, 0.25) is 0 Å². The van der Waals surface area contributed by atoms with Gasteiger partial charge in [-0.05, 0) is 25.1 Å². The molecule has 2 heterocycles. The van der Waals surface area contributed by atoms with Crippen LogP contribution in [0.2, 0.25) is 0 Å². The average Bonchev–Trinajstić information content (AvgIpc) is 2.98. The van der Waals surface area contributed by atoms with Crippen molar-refractivity contribution in [2.75, 3.05) is 13.7 Å². The Morgan fingerprint density at radius 3 is 2.79 bits per heavy atom. The van der Waals surface area contributed by atoms with Crippen LogP contribution in [0, 0.1) is 0 Å². The molecule has 3 aromatic rings. The van der Waals surface area contributed by atoms with Crippen molar-refractivity contribution in [3.63, 3.8) is 0 Å². The summed E-state index contributed by atoms with van der Waals surface area (Å²) in [4.78, 5) is 17.6. The van der Waals surface area contributed by atoms with Crippen LogP contribution in [-0.4, -0.2) is 33.0 Å². The fourth-order valence-corrected chi connectivity index (χ4v) is 3.74. The minimum Gasteiger partial charge on any atom is -0.383 e. The zero-order valence-corrected chi connectivity index (χ0v) is 14.8. The molecule has 24 heavy (non-hydrogen) atoms. The molecule has 0 amide bonds. The van der Waals surface area contributed by atoms with Gasteiger partial charge in [-0.15, -0.1) is 0 Å². The van der Waals surface area contributed by atoms with Crippen molar-refractivity contribution in [3.8, 4) is 0 Å². The van der Waals surface area contributed by atoms with Crippen molar-refractivity contribution in [3.05, 3.63) is 52.6 Å². The van der Waals surface area contributed by atoms with Crippen molar-refractivity contribution in [2.24, 2.45) is 7.05 Å². The quantitative estimate of drug-likeness (QED) is 0.508. The van der Waals surface area contributed by atoms with Crippen molar-refractivity contribution in [1.29, 1.82) is 0 Å². The van der Waals surface area contributed by atoms with Crippen molar-refractivity contribution < 1.29 is 4.74 Å². The number of thioether (sulfide) groups is 1. The number of nitrogens with zero attached hydrogens (tertiary/aromatic N) is 4. The topological polar surface area (TPSA) is 61.9 Å². The van der Waals surface area contributed by atoms with Crippen LogP contribution in [-0.2, 0) is 17.5 Å². The van der Waals surface area contributed by atoms with Gasteiger partial charge in [0.25, 0.3) is 5.56 Å². The van der Waals surface area contributed by atoms with Crippen molar-refractivity contribution in [2.45, 2.75) is 23.9 Å². The first kappa shape index (κ1) is 16.7. The van der Waals surface area contributed by atoms with E-state index in [1.165, 1.54) is 11.8 Å². The molecule has 0 aliphatic carbocycles. The number of fused-ring (bicyclic) bond motifs is 1. The monoisotopic (exact) mass is 344 g/mol. The number of hydrogen-bond donors (Lipinski definition) is 0. The molecule has 1 unspecified atom stereocenters. The number of methoxy groups -OCH3 is 1. The van der Waals surface area contributed by atoms with Gasteiger partial charge in [-0.3, -0.25) is 14.0 Å². The van der Waals surface area contributed by atoms with Crippen LogP contribution in [0.3, 0.4) is 0 Å². The summed E-state index contributed by atoms with van der Waals surface area (Å²) in [5, 5.41) is 5.51. The molecule has 1 atom stereocenters. The van der Waals surface area contributed by atoms with Crippen LogP contribution in [0.25, 0.3) is 10.9 Å². The zero-order valence-electron chi connectivity index (χ0n) is 14.0. The van der Waals surface area contributed by atoms with Gasteiger partial charge in [-0.25, -0.2) is 4.98 Å². The van der Waals surface area contributed by atoms with E-state index in [1.54, 1.807) is 17.9 Å². The Kier molecular flexibility index (Phi) is 5.01. The number of benzene rings is 1. The average molecular weight is 344 g/mol. The molecule has 7 heteroatoms. The lowest BCUT2D eigenvalue weighted by Crippen LogP contribution is -2.28. The minimum atomic E-state index is -0.0892. The zero-order chi connectivity index (χ0) is 17.1. The lowest BCUT2D eigenvalue weighted by molar-refractivity contribution is 0.156. The second-order valence-corrected chi connectivity index (χ2v) is 6.57. The Hall–Kier alpha value is -2.12. The van der Waals surface area contributed by atoms with E-state index in [0.717, 1.165) is 11.2 Å². The maximum atomic E-state index is 12.9. The first-order valence-electron chi connectivity index (χ1n) is 7.71. The van der Waals surface area contributed by atoms with Gasteiger partial charge in [0.15, 0.2) is 5.16 Å². The van der Waals surface area contributed by atoms with Gasteiger partial charge in [-0.1, -0.05) is 23.9 Å². The summed E-state index contributed by atoms with van der Waals surface area (Å²) in [6.07, 6.45) is 1.77. The molecule has 0 fully saturated rings. The number of rotatable bonds is 6. The van der Waals surface area contributed by atoms with Crippen LogP contribution in [0.4, 0.5) is 0 Å². The first-order valence-corrected chi connectivity index (χ1v) is 8.70. The molecule has 0 spiro atoms. The van der Waals surface area contributed by atoms with Crippen LogP contribution in [0.1, 0.15) is 18.7 Å². The molecule has 6 nitrogen and oxygen atoms in total. The standard InChI is InChI=1S/C17H20N4O2S/c1-12(10-23-3)21-16(22)14-6-4-5-7-15(14)19-17(21)24-11-13-8-9-18-20(13)2/h4-9,12H,10-11H2,1-3H3. The molecule has 126 valence electrons. The summed E-state index contributed by atoms with van der Waals surface area (Å²) in [7, 11) is 3.54. The number of aromatic nitrogens is 4. The van der Waals surface area contributed by atoms with E-state index in [2.05, 4.69) is 5.10 Å². The van der Waals surface area contributed by atoms with Crippen LogP contribution >= 0.6 is 11.8 Å². The summed E-state index contributed by atoms with van der Waals surface area (Å²) in [6.45, 7) is 2.43. The van der Waals surface area contributed by atoms with E-state index in [4.69, 9.17) is 9.72 Å². The van der Waals surface area contributed by atoms with Gasteiger partial charge in [0, 0.05) is 31.8 Å². The highest BCUT2D eigenvalue weighted by atomic mass is 32.2. The molecule has 0 N–H and O–H groups in total. The summed E-state index contributed by atoms with van der Waals surface area (Å²) >= 11 is 1.54. The number of aryl methyl sites for hydroxylation is 1. The van der Waals surface area contributed by atoms with Gasteiger partial charge in [0.05, 0.1) is 23.6 Å². The minimum absolute atomic E-state index is 0.0299. The summed E-state index contributed by atoms with van der Waals surface area (Å²) in [5.41, 5.74) is 1.77. The highest BCUT2D eigenvalue weighted by Gasteiger charge is 2.17. The van der Waals surface area contributed by atoms with Gasteiger partial charge in [0.1, 0.15) is 0 Å². The molecule has 0 bridgehead atoms. The smallest absolute Gasteiger partial charge is 0.262 e. The molecule has 0 aliphatic heterocycles. The van der Waals surface area contributed by atoms with Crippen LogP contribution < -0.4 is 5.56 Å². The molecule has 0 radical (unpaired) electrons. The summed E-state index contributed by atoms with van der Waals surface area (Å²) in [6, 6.07) is 9.32. The Bertz CT molecular complexity index is 903. The molecule has 0 saturated heterocycles. The molecular weight excluding hydrogens is 324 g/mol. The fourth-order valence-electron chi connectivity index (χ4n) is 2.61. The fraction of sp³-hybridized carbons (Fsp3) is 0.353. The molecular formula is C17H20N4O2S. The second kappa shape index (κ2) is 7.19. The number of hydrogen-bond acceptors (Lipinski definition) is 5. The molecule has 3 rings (SSSR count). The van der Waals surface area contributed by atoms with E-state index in [1.807, 2.05) is 49.0 Å². The van der Waals surface area contributed by atoms with E-state index in [0.29, 0.717) is 22.9 Å². The Morgan fingerprint density at radius 2 is 2.08 bits per heavy atom. The Labute approximate surface area is 144 Å². The van der Waals surface area contributed by atoms with Crippen LogP contribution in [0.5, 0.6) is 0 Å². The third-order valence-corrected chi connectivity index (χ3v) is 4.88. The predicted octanol–water partition coefficient (Wildman–Crippen LogP) is 2.63. The van der Waals surface area contributed by atoms with E-state index in [-0.39, 0.29) is 11.6 Å². The third kappa shape index (κ3) is 3.22. The highest BCUT2D eigenvalue weighted by molar-refractivity contribution is 7.98.